The number of carbonyl (C=O) groups excluding carboxylic acids is 1. The van der Waals surface area contributed by atoms with Gasteiger partial charge in [0.25, 0.3) is 0 Å². The van der Waals surface area contributed by atoms with Crippen molar-refractivity contribution in [2.75, 3.05) is 0 Å². The molecule has 2 nitrogen and oxygen atoms in total. The zero-order chi connectivity index (χ0) is 12.1. The van der Waals surface area contributed by atoms with Gasteiger partial charge < -0.3 is 4.74 Å². The smallest absolute Gasteiger partial charge is 0.331 e. The van der Waals surface area contributed by atoms with Crippen LogP contribution in [0.2, 0.25) is 0 Å². The van der Waals surface area contributed by atoms with E-state index >= 15 is 0 Å². The maximum absolute atomic E-state index is 11.5. The van der Waals surface area contributed by atoms with E-state index in [-0.39, 0.29) is 11.6 Å². The van der Waals surface area contributed by atoms with Gasteiger partial charge >= 0.3 is 5.97 Å². The summed E-state index contributed by atoms with van der Waals surface area (Å²) in [6.45, 7) is 2.18. The summed E-state index contributed by atoms with van der Waals surface area (Å²) in [5, 5.41) is 0. The number of unbranched alkanes of at least 4 members (excludes halogenated alkanes) is 1. The highest BCUT2D eigenvalue weighted by Gasteiger charge is 2.42. The maximum atomic E-state index is 11.5. The van der Waals surface area contributed by atoms with E-state index in [2.05, 4.69) is 19.1 Å². The number of carbonyl (C=O) groups is 1. The van der Waals surface area contributed by atoms with Gasteiger partial charge in [0.1, 0.15) is 5.60 Å². The Hall–Kier alpha value is -1.05. The fourth-order valence-corrected chi connectivity index (χ4v) is 2.85. The first-order valence-electron chi connectivity index (χ1n) is 6.86. The van der Waals surface area contributed by atoms with E-state index in [1.54, 1.807) is 6.08 Å². The monoisotopic (exact) mass is 234 g/mol. The zero-order valence-corrected chi connectivity index (χ0v) is 10.7. The van der Waals surface area contributed by atoms with Crippen LogP contribution in [0.5, 0.6) is 0 Å². The summed E-state index contributed by atoms with van der Waals surface area (Å²) in [4.78, 5) is 11.5. The molecule has 94 valence electrons. The SMILES string of the molecule is CCC/C=C/CC1=CC(=O)OC12CCCCC2. The number of rotatable bonds is 4. The van der Waals surface area contributed by atoms with Crippen LogP contribution in [0.3, 0.4) is 0 Å². The first-order chi connectivity index (χ1) is 8.27. The molecular formula is C15H22O2. The molecule has 0 amide bonds. The second-order valence-electron chi connectivity index (χ2n) is 5.11. The Morgan fingerprint density at radius 3 is 2.76 bits per heavy atom. The molecule has 0 saturated heterocycles. The van der Waals surface area contributed by atoms with Gasteiger partial charge in [0.05, 0.1) is 0 Å². The molecule has 2 rings (SSSR count). The lowest BCUT2D eigenvalue weighted by Gasteiger charge is -2.34. The van der Waals surface area contributed by atoms with Crippen molar-refractivity contribution in [3.63, 3.8) is 0 Å². The van der Waals surface area contributed by atoms with E-state index < -0.39 is 0 Å². The molecule has 2 heteroatoms. The lowest BCUT2D eigenvalue weighted by Crippen LogP contribution is -2.34. The van der Waals surface area contributed by atoms with Crippen molar-refractivity contribution in [2.45, 2.75) is 63.9 Å². The first kappa shape index (κ1) is 12.4. The molecular weight excluding hydrogens is 212 g/mol. The Morgan fingerprint density at radius 1 is 1.29 bits per heavy atom. The zero-order valence-electron chi connectivity index (χ0n) is 10.7. The van der Waals surface area contributed by atoms with Gasteiger partial charge in [0.2, 0.25) is 0 Å². The molecule has 1 aliphatic heterocycles. The van der Waals surface area contributed by atoms with E-state index in [9.17, 15) is 4.79 Å². The van der Waals surface area contributed by atoms with Gasteiger partial charge in [-0.25, -0.2) is 4.79 Å². The van der Waals surface area contributed by atoms with E-state index in [1.807, 2.05) is 0 Å². The second kappa shape index (κ2) is 5.52. The summed E-state index contributed by atoms with van der Waals surface area (Å²) in [5.41, 5.74) is 0.973. The van der Waals surface area contributed by atoms with Crippen LogP contribution in [0.4, 0.5) is 0 Å². The van der Waals surface area contributed by atoms with Gasteiger partial charge in [-0.15, -0.1) is 0 Å². The Kier molecular flexibility index (Phi) is 4.03. The Morgan fingerprint density at radius 2 is 2.06 bits per heavy atom. The van der Waals surface area contributed by atoms with Crippen LogP contribution in [-0.4, -0.2) is 11.6 Å². The molecule has 1 fully saturated rings. The van der Waals surface area contributed by atoms with Gasteiger partial charge in [-0.1, -0.05) is 31.9 Å². The molecule has 1 spiro atoms. The van der Waals surface area contributed by atoms with Crippen molar-refractivity contribution in [2.24, 2.45) is 0 Å². The standard InChI is InChI=1S/C15H22O2/c1-2-3-4-6-9-13-12-14(16)17-15(13)10-7-5-8-11-15/h4,6,12H,2-3,5,7-11H2,1H3/b6-4+. The molecule has 1 saturated carbocycles. The molecule has 0 atom stereocenters. The van der Waals surface area contributed by atoms with Crippen LogP contribution >= 0.6 is 0 Å². The number of esters is 1. The maximum Gasteiger partial charge on any atom is 0.331 e. The number of hydrogen-bond donors (Lipinski definition) is 0. The summed E-state index contributed by atoms with van der Waals surface area (Å²) in [6.07, 6.45) is 15.0. The van der Waals surface area contributed by atoms with Gasteiger partial charge in [-0.3, -0.25) is 0 Å². The lowest BCUT2D eigenvalue weighted by atomic mass is 9.79. The molecule has 0 radical (unpaired) electrons. The minimum absolute atomic E-state index is 0.134. The molecule has 1 heterocycles. The third-order valence-corrected chi connectivity index (χ3v) is 3.79. The third-order valence-electron chi connectivity index (χ3n) is 3.79. The Bertz CT molecular complexity index is 333. The molecule has 0 aromatic heterocycles. The van der Waals surface area contributed by atoms with E-state index in [0.717, 1.165) is 25.7 Å². The molecule has 0 bridgehead atoms. The largest absolute Gasteiger partial charge is 0.451 e. The molecule has 0 N–H and O–H groups in total. The average Bonchev–Trinajstić information content (AvgIpc) is 2.62. The highest BCUT2D eigenvalue weighted by atomic mass is 16.6. The predicted molar refractivity (Wildman–Crippen MR) is 68.7 cm³/mol. The molecule has 0 aromatic carbocycles. The summed E-state index contributed by atoms with van der Waals surface area (Å²) in [6, 6.07) is 0. The van der Waals surface area contributed by atoms with Crippen molar-refractivity contribution in [3.05, 3.63) is 23.8 Å². The normalized spacial score (nSPS) is 23.1. The quantitative estimate of drug-likeness (QED) is 0.544. The van der Waals surface area contributed by atoms with Crippen LogP contribution in [0.1, 0.15) is 58.3 Å². The number of hydrogen-bond acceptors (Lipinski definition) is 2. The van der Waals surface area contributed by atoms with Gasteiger partial charge in [0, 0.05) is 6.08 Å². The molecule has 0 aromatic rings. The lowest BCUT2D eigenvalue weighted by molar-refractivity contribution is -0.148. The highest BCUT2D eigenvalue weighted by Crippen LogP contribution is 2.42. The van der Waals surface area contributed by atoms with E-state index in [0.29, 0.717) is 0 Å². The fraction of sp³-hybridized carbons (Fsp3) is 0.667. The summed E-state index contributed by atoms with van der Waals surface area (Å²) >= 11 is 0. The molecule has 0 unspecified atom stereocenters. The minimum atomic E-state index is -0.230. The van der Waals surface area contributed by atoms with Crippen LogP contribution in [0.25, 0.3) is 0 Å². The van der Waals surface area contributed by atoms with E-state index in [4.69, 9.17) is 4.74 Å². The molecule has 2 aliphatic rings. The third kappa shape index (κ3) is 2.80. The van der Waals surface area contributed by atoms with E-state index in [1.165, 1.54) is 31.3 Å². The predicted octanol–water partition coefficient (Wildman–Crippen LogP) is 3.92. The Balaban J connectivity index is 2.01. The fourth-order valence-electron chi connectivity index (χ4n) is 2.85. The number of ether oxygens (including phenoxy) is 1. The van der Waals surface area contributed by atoms with Crippen LogP contribution in [0.15, 0.2) is 23.8 Å². The summed E-state index contributed by atoms with van der Waals surface area (Å²) in [5.74, 6) is -0.134. The average molecular weight is 234 g/mol. The van der Waals surface area contributed by atoms with Crippen molar-refractivity contribution >= 4 is 5.97 Å². The van der Waals surface area contributed by atoms with Crippen molar-refractivity contribution < 1.29 is 9.53 Å². The molecule has 17 heavy (non-hydrogen) atoms. The van der Waals surface area contributed by atoms with Crippen LogP contribution in [-0.2, 0) is 9.53 Å². The minimum Gasteiger partial charge on any atom is -0.451 e. The van der Waals surface area contributed by atoms with Gasteiger partial charge in [-0.05, 0) is 44.1 Å². The van der Waals surface area contributed by atoms with Crippen molar-refractivity contribution in [1.82, 2.24) is 0 Å². The Labute approximate surface area is 104 Å². The summed E-state index contributed by atoms with van der Waals surface area (Å²) in [7, 11) is 0. The van der Waals surface area contributed by atoms with Crippen molar-refractivity contribution in [3.8, 4) is 0 Å². The number of allylic oxidation sites excluding steroid dienone is 2. The second-order valence-corrected chi connectivity index (χ2v) is 5.11. The summed E-state index contributed by atoms with van der Waals surface area (Å²) < 4.78 is 5.59. The van der Waals surface area contributed by atoms with Crippen LogP contribution in [0, 0.1) is 0 Å². The van der Waals surface area contributed by atoms with Gasteiger partial charge in [0.15, 0.2) is 0 Å². The molecule has 1 aliphatic carbocycles. The van der Waals surface area contributed by atoms with Crippen LogP contribution < -0.4 is 0 Å². The highest BCUT2D eigenvalue weighted by molar-refractivity contribution is 5.86. The van der Waals surface area contributed by atoms with Crippen molar-refractivity contribution in [1.29, 1.82) is 0 Å². The topological polar surface area (TPSA) is 26.3 Å². The van der Waals surface area contributed by atoms with Gasteiger partial charge in [-0.2, -0.15) is 0 Å². The first-order valence-corrected chi connectivity index (χ1v) is 6.86.